The average Bonchev–Trinajstić information content (AvgIpc) is 2.85. The lowest BCUT2D eigenvalue weighted by molar-refractivity contribution is 0.0436. The Morgan fingerprint density at radius 3 is 0.972 bits per heavy atom. The number of aryl methyl sites for hydroxylation is 4. The summed E-state index contributed by atoms with van der Waals surface area (Å²) in [4.78, 5) is 4.45. The van der Waals surface area contributed by atoms with Crippen LogP contribution in [0.5, 0.6) is 11.5 Å². The van der Waals surface area contributed by atoms with E-state index < -0.39 is 0 Å². The van der Waals surface area contributed by atoms with E-state index in [0.29, 0.717) is 64.4 Å². The van der Waals surface area contributed by atoms with Crippen molar-refractivity contribution in [3.63, 3.8) is 0 Å². The van der Waals surface area contributed by atoms with E-state index in [4.69, 9.17) is 18.9 Å². The monoisotopic (exact) mass is 502 g/mol. The fourth-order valence-electron chi connectivity index (χ4n) is 4.31. The minimum Gasteiger partial charge on any atom is -0.507 e. The van der Waals surface area contributed by atoms with Gasteiger partial charge in [-0.25, -0.2) is 0 Å². The summed E-state index contributed by atoms with van der Waals surface area (Å²) in [6.45, 7) is 14.9. The molecule has 2 aromatic rings. The van der Waals surface area contributed by atoms with Crippen molar-refractivity contribution in [2.75, 3.05) is 88.8 Å². The minimum absolute atomic E-state index is 0.344. The van der Waals surface area contributed by atoms with Crippen LogP contribution in [0.3, 0.4) is 0 Å². The number of rotatable bonds is 2. The number of hydrogen-bond acceptors (Lipinski definition) is 8. The zero-order chi connectivity index (χ0) is 25.9. The molecule has 3 rings (SSSR count). The van der Waals surface area contributed by atoms with Crippen molar-refractivity contribution in [2.45, 2.75) is 27.7 Å². The summed E-state index contributed by atoms with van der Waals surface area (Å²) in [5, 5.41) is 20.3. The third-order valence-corrected chi connectivity index (χ3v) is 6.45. The molecule has 0 bridgehead atoms. The summed E-state index contributed by atoms with van der Waals surface area (Å²) in [7, 11) is 0. The molecule has 0 aromatic heterocycles. The fourth-order valence-corrected chi connectivity index (χ4v) is 4.31. The number of hydrogen-bond donors (Lipinski definition) is 2. The molecule has 0 unspecified atom stereocenters. The van der Waals surface area contributed by atoms with Crippen molar-refractivity contribution in [3.05, 3.63) is 46.5 Å². The Bertz CT molecular complexity index is 824. The van der Waals surface area contributed by atoms with Crippen molar-refractivity contribution in [1.82, 2.24) is 0 Å². The number of aromatic hydroxyl groups is 2. The van der Waals surface area contributed by atoms with Crippen molar-refractivity contribution < 1.29 is 29.2 Å². The summed E-state index contributed by atoms with van der Waals surface area (Å²) >= 11 is 0. The number of phenolic OH excluding ortho intramolecular Hbond substituents is 2. The van der Waals surface area contributed by atoms with Gasteiger partial charge in [-0.1, -0.05) is 0 Å². The lowest BCUT2D eigenvalue weighted by Crippen LogP contribution is -2.33. The van der Waals surface area contributed by atoms with Gasteiger partial charge in [0.2, 0.25) is 0 Å². The molecule has 2 aromatic carbocycles. The maximum atomic E-state index is 10.1. The highest BCUT2D eigenvalue weighted by Crippen LogP contribution is 2.29. The number of anilines is 2. The van der Waals surface area contributed by atoms with Crippen LogP contribution in [0.1, 0.15) is 22.3 Å². The normalized spacial score (nSPS) is 18.0. The van der Waals surface area contributed by atoms with Crippen molar-refractivity contribution in [2.24, 2.45) is 0 Å². The standard InChI is InChI=1S/C28H42N2O6/c1-21-17-25(18-22(2)27(21)31)29-5-9-33-13-15-35-11-7-30(8-12-36-16-14-34-10-6-29)26-19-23(3)28(32)24(4)20-26/h17-20,31-32H,5-16H2,1-4H3. The van der Waals surface area contributed by atoms with Crippen LogP contribution in [0.25, 0.3) is 0 Å². The predicted octanol–water partition coefficient (Wildman–Crippen LogP) is 3.72. The van der Waals surface area contributed by atoms with E-state index in [9.17, 15) is 10.2 Å². The van der Waals surface area contributed by atoms with Crippen LogP contribution in [0, 0.1) is 27.7 Å². The van der Waals surface area contributed by atoms with E-state index in [1.54, 1.807) is 0 Å². The Hall–Kier alpha value is -2.52. The summed E-state index contributed by atoms with van der Waals surface area (Å²) < 4.78 is 23.4. The van der Waals surface area contributed by atoms with Gasteiger partial charge in [0.1, 0.15) is 11.5 Å². The molecular weight excluding hydrogens is 460 g/mol. The summed E-state index contributed by atoms with van der Waals surface area (Å²) in [6, 6.07) is 8.01. The first-order valence-corrected chi connectivity index (χ1v) is 12.8. The Labute approximate surface area is 215 Å². The van der Waals surface area contributed by atoms with Gasteiger partial charge in [0.15, 0.2) is 0 Å². The highest BCUT2D eigenvalue weighted by atomic mass is 16.5. The first-order valence-electron chi connectivity index (χ1n) is 12.8. The highest BCUT2D eigenvalue weighted by Gasteiger charge is 2.13. The Morgan fingerprint density at radius 1 is 0.472 bits per heavy atom. The SMILES string of the molecule is Cc1cc(N2CCOCCOCCN(c3cc(C)c(O)c(C)c3)CCOCCOCC2)cc(C)c1O. The molecule has 0 saturated carbocycles. The van der Waals surface area contributed by atoms with Crippen LogP contribution in [0.4, 0.5) is 11.4 Å². The van der Waals surface area contributed by atoms with Crippen LogP contribution in [0.15, 0.2) is 24.3 Å². The largest absolute Gasteiger partial charge is 0.507 e. The molecule has 0 radical (unpaired) electrons. The molecule has 36 heavy (non-hydrogen) atoms. The van der Waals surface area contributed by atoms with Gasteiger partial charge in [-0.05, 0) is 74.2 Å². The van der Waals surface area contributed by atoms with Crippen LogP contribution in [-0.2, 0) is 18.9 Å². The smallest absolute Gasteiger partial charge is 0.121 e. The molecule has 8 heteroatoms. The van der Waals surface area contributed by atoms with Gasteiger partial charge in [-0.2, -0.15) is 0 Å². The lowest BCUT2D eigenvalue weighted by atomic mass is 10.1. The Kier molecular flexibility index (Phi) is 11.1. The minimum atomic E-state index is 0.344. The third-order valence-electron chi connectivity index (χ3n) is 6.45. The predicted molar refractivity (Wildman–Crippen MR) is 143 cm³/mol. The maximum Gasteiger partial charge on any atom is 0.121 e. The summed E-state index contributed by atoms with van der Waals surface area (Å²) in [5.74, 6) is 0.687. The summed E-state index contributed by atoms with van der Waals surface area (Å²) in [6.07, 6.45) is 0. The zero-order valence-corrected chi connectivity index (χ0v) is 22.2. The van der Waals surface area contributed by atoms with Gasteiger partial charge < -0.3 is 39.0 Å². The number of ether oxygens (including phenoxy) is 4. The average molecular weight is 503 g/mol. The highest BCUT2D eigenvalue weighted by molar-refractivity contribution is 5.57. The van der Waals surface area contributed by atoms with Crippen LogP contribution in [-0.4, -0.2) is 89.2 Å². The van der Waals surface area contributed by atoms with Gasteiger partial charge >= 0.3 is 0 Å². The second-order valence-corrected chi connectivity index (χ2v) is 9.28. The van der Waals surface area contributed by atoms with E-state index in [1.807, 2.05) is 52.0 Å². The van der Waals surface area contributed by atoms with Gasteiger partial charge in [0.05, 0.1) is 52.9 Å². The number of nitrogens with zero attached hydrogens (tertiary/aromatic N) is 2. The molecule has 1 fully saturated rings. The van der Waals surface area contributed by atoms with E-state index >= 15 is 0 Å². The van der Waals surface area contributed by atoms with Crippen molar-refractivity contribution in [3.8, 4) is 11.5 Å². The quantitative estimate of drug-likeness (QED) is 0.643. The van der Waals surface area contributed by atoms with Crippen LogP contribution < -0.4 is 9.80 Å². The van der Waals surface area contributed by atoms with E-state index in [1.165, 1.54) is 0 Å². The molecule has 1 saturated heterocycles. The number of phenols is 2. The topological polar surface area (TPSA) is 83.9 Å². The summed E-state index contributed by atoms with van der Waals surface area (Å²) in [5.41, 5.74) is 5.55. The second kappa shape index (κ2) is 14.3. The van der Waals surface area contributed by atoms with Crippen LogP contribution in [0.2, 0.25) is 0 Å². The van der Waals surface area contributed by atoms with Crippen LogP contribution >= 0.6 is 0 Å². The lowest BCUT2D eigenvalue weighted by Gasteiger charge is -2.27. The maximum absolute atomic E-state index is 10.1. The van der Waals surface area contributed by atoms with Gasteiger partial charge in [-0.15, -0.1) is 0 Å². The molecule has 2 N–H and O–H groups in total. The number of benzene rings is 2. The molecule has 0 atom stereocenters. The van der Waals surface area contributed by atoms with Crippen molar-refractivity contribution in [1.29, 1.82) is 0 Å². The fraction of sp³-hybridized carbons (Fsp3) is 0.571. The molecule has 1 aliphatic heterocycles. The molecule has 8 nitrogen and oxygen atoms in total. The Morgan fingerprint density at radius 2 is 0.722 bits per heavy atom. The molecule has 0 spiro atoms. The second-order valence-electron chi connectivity index (χ2n) is 9.28. The van der Waals surface area contributed by atoms with Gasteiger partial charge in [-0.3, -0.25) is 0 Å². The van der Waals surface area contributed by atoms with Crippen molar-refractivity contribution >= 4 is 11.4 Å². The molecule has 0 amide bonds. The third kappa shape index (κ3) is 8.27. The molecular formula is C28H42N2O6. The molecule has 1 aliphatic rings. The van der Waals surface area contributed by atoms with Gasteiger partial charge in [0, 0.05) is 37.6 Å². The first kappa shape index (κ1) is 28.1. The van der Waals surface area contributed by atoms with Gasteiger partial charge in [0.25, 0.3) is 0 Å². The molecule has 1 heterocycles. The van der Waals surface area contributed by atoms with E-state index in [-0.39, 0.29) is 0 Å². The Balaban J connectivity index is 1.57. The zero-order valence-electron chi connectivity index (χ0n) is 22.2. The van der Waals surface area contributed by atoms with E-state index in [2.05, 4.69) is 9.80 Å². The first-order chi connectivity index (χ1) is 17.4. The van der Waals surface area contributed by atoms with E-state index in [0.717, 1.165) is 59.8 Å². The molecule has 0 aliphatic carbocycles. The molecule has 200 valence electrons.